The van der Waals surface area contributed by atoms with Crippen molar-refractivity contribution in [1.82, 2.24) is 10.2 Å². The van der Waals surface area contributed by atoms with E-state index in [1.807, 2.05) is 24.1 Å². The predicted octanol–water partition coefficient (Wildman–Crippen LogP) is 1.21. The quantitative estimate of drug-likeness (QED) is 0.905. The molecule has 1 fully saturated rings. The molecule has 0 aromatic heterocycles. The normalized spacial score (nSPS) is 21.5. The average Bonchev–Trinajstić information content (AvgIpc) is 2.54. The zero-order valence-corrected chi connectivity index (χ0v) is 12.4. The standard InChI is InChI=1S/C16H22N2O3/c1-17-13-3-2-7-18(16(13)19)8-6-12-4-5-14-15(11-12)21-10-9-20-14/h4-5,11,13,17H,2-3,6-10H2,1H3. The summed E-state index contributed by atoms with van der Waals surface area (Å²) in [4.78, 5) is 14.2. The Kier molecular flexibility index (Phi) is 4.29. The van der Waals surface area contributed by atoms with Crippen molar-refractivity contribution in [2.24, 2.45) is 0 Å². The van der Waals surface area contributed by atoms with Gasteiger partial charge in [0.05, 0.1) is 6.04 Å². The van der Waals surface area contributed by atoms with E-state index < -0.39 is 0 Å². The molecule has 2 aliphatic rings. The number of likely N-dealkylation sites (tertiary alicyclic amines) is 1. The highest BCUT2D eigenvalue weighted by Gasteiger charge is 2.26. The molecular weight excluding hydrogens is 268 g/mol. The number of likely N-dealkylation sites (N-methyl/N-ethyl adjacent to an activating group) is 1. The lowest BCUT2D eigenvalue weighted by molar-refractivity contribution is -0.135. The first kappa shape index (κ1) is 14.2. The number of rotatable bonds is 4. The van der Waals surface area contributed by atoms with Crippen molar-refractivity contribution in [3.63, 3.8) is 0 Å². The second kappa shape index (κ2) is 6.35. The summed E-state index contributed by atoms with van der Waals surface area (Å²) in [5, 5.41) is 3.10. The van der Waals surface area contributed by atoms with Gasteiger partial charge in [-0.25, -0.2) is 0 Å². The number of carbonyl (C=O) groups excluding carboxylic acids is 1. The van der Waals surface area contributed by atoms with Crippen molar-refractivity contribution in [3.05, 3.63) is 23.8 Å². The van der Waals surface area contributed by atoms with E-state index in [0.717, 1.165) is 43.9 Å². The first-order valence-corrected chi connectivity index (χ1v) is 7.62. The van der Waals surface area contributed by atoms with Crippen LogP contribution in [0.3, 0.4) is 0 Å². The van der Waals surface area contributed by atoms with Crippen LogP contribution in [-0.2, 0) is 11.2 Å². The fraction of sp³-hybridized carbons (Fsp3) is 0.562. The average molecular weight is 290 g/mol. The number of nitrogens with zero attached hydrogens (tertiary/aromatic N) is 1. The Labute approximate surface area is 125 Å². The van der Waals surface area contributed by atoms with Crippen LogP contribution in [0.2, 0.25) is 0 Å². The van der Waals surface area contributed by atoms with Crippen molar-refractivity contribution in [2.75, 3.05) is 33.4 Å². The minimum atomic E-state index is -0.0148. The molecule has 0 spiro atoms. The van der Waals surface area contributed by atoms with Gasteiger partial charge in [-0.3, -0.25) is 4.79 Å². The number of ether oxygens (including phenoxy) is 2. The van der Waals surface area contributed by atoms with Crippen LogP contribution in [-0.4, -0.2) is 50.2 Å². The zero-order chi connectivity index (χ0) is 14.7. The third-order valence-electron chi connectivity index (χ3n) is 4.16. The van der Waals surface area contributed by atoms with Crippen LogP contribution in [0.1, 0.15) is 18.4 Å². The lowest BCUT2D eigenvalue weighted by Gasteiger charge is -2.32. The maximum Gasteiger partial charge on any atom is 0.239 e. The van der Waals surface area contributed by atoms with E-state index in [1.54, 1.807) is 0 Å². The molecule has 5 nitrogen and oxygen atoms in total. The summed E-state index contributed by atoms with van der Waals surface area (Å²) < 4.78 is 11.1. The highest BCUT2D eigenvalue weighted by atomic mass is 16.6. The molecule has 5 heteroatoms. The van der Waals surface area contributed by atoms with Crippen LogP contribution >= 0.6 is 0 Å². The molecule has 1 N–H and O–H groups in total. The van der Waals surface area contributed by atoms with Gasteiger partial charge in [0.15, 0.2) is 11.5 Å². The van der Waals surface area contributed by atoms with Crippen molar-refractivity contribution in [3.8, 4) is 11.5 Å². The monoisotopic (exact) mass is 290 g/mol. The molecule has 2 heterocycles. The maximum atomic E-state index is 12.2. The largest absolute Gasteiger partial charge is 0.486 e. The Bertz CT molecular complexity index is 518. The van der Waals surface area contributed by atoms with E-state index >= 15 is 0 Å². The predicted molar refractivity (Wildman–Crippen MR) is 79.8 cm³/mol. The number of hydrogen-bond donors (Lipinski definition) is 1. The second-order valence-electron chi connectivity index (χ2n) is 5.54. The van der Waals surface area contributed by atoms with Gasteiger partial charge < -0.3 is 19.7 Å². The van der Waals surface area contributed by atoms with E-state index in [1.165, 1.54) is 5.56 Å². The lowest BCUT2D eigenvalue weighted by Crippen LogP contribution is -2.50. The van der Waals surface area contributed by atoms with Crippen LogP contribution in [0.4, 0.5) is 0 Å². The molecule has 3 rings (SSSR count). The van der Waals surface area contributed by atoms with E-state index in [4.69, 9.17) is 9.47 Å². The van der Waals surface area contributed by atoms with Gasteiger partial charge in [-0.05, 0) is 44.0 Å². The topological polar surface area (TPSA) is 50.8 Å². The third kappa shape index (κ3) is 3.13. The first-order valence-electron chi connectivity index (χ1n) is 7.62. The van der Waals surface area contributed by atoms with Crippen molar-refractivity contribution >= 4 is 5.91 Å². The van der Waals surface area contributed by atoms with Crippen LogP contribution in [0.15, 0.2) is 18.2 Å². The molecule has 0 aliphatic carbocycles. The Balaban J connectivity index is 1.61. The zero-order valence-electron chi connectivity index (χ0n) is 12.4. The first-order chi connectivity index (χ1) is 10.3. The number of carbonyl (C=O) groups is 1. The van der Waals surface area contributed by atoms with E-state index in [9.17, 15) is 4.79 Å². The minimum absolute atomic E-state index is 0.0148. The molecule has 0 radical (unpaired) electrons. The molecule has 2 aliphatic heterocycles. The summed E-state index contributed by atoms with van der Waals surface area (Å²) in [7, 11) is 1.85. The SMILES string of the molecule is CNC1CCCN(CCc2ccc3c(c2)OCCO3)C1=O. The Morgan fingerprint density at radius 2 is 2.10 bits per heavy atom. The molecule has 1 atom stereocenters. The van der Waals surface area contributed by atoms with Crippen molar-refractivity contribution in [2.45, 2.75) is 25.3 Å². The highest BCUT2D eigenvalue weighted by Crippen LogP contribution is 2.30. The summed E-state index contributed by atoms with van der Waals surface area (Å²) >= 11 is 0. The van der Waals surface area contributed by atoms with Crippen LogP contribution in [0, 0.1) is 0 Å². The van der Waals surface area contributed by atoms with Gasteiger partial charge in [-0.15, -0.1) is 0 Å². The van der Waals surface area contributed by atoms with E-state index in [2.05, 4.69) is 11.4 Å². The Hall–Kier alpha value is -1.75. The highest BCUT2D eigenvalue weighted by molar-refractivity contribution is 5.82. The summed E-state index contributed by atoms with van der Waals surface area (Å²) in [6.07, 6.45) is 2.85. The number of fused-ring (bicyclic) bond motifs is 1. The molecule has 21 heavy (non-hydrogen) atoms. The number of benzene rings is 1. The van der Waals surface area contributed by atoms with Crippen molar-refractivity contribution < 1.29 is 14.3 Å². The number of amides is 1. The summed E-state index contributed by atoms with van der Waals surface area (Å²) in [5.41, 5.74) is 1.18. The molecule has 0 bridgehead atoms. The number of hydrogen-bond acceptors (Lipinski definition) is 4. The smallest absolute Gasteiger partial charge is 0.239 e. The van der Waals surface area contributed by atoms with Gasteiger partial charge in [0.25, 0.3) is 0 Å². The molecule has 1 aromatic carbocycles. The summed E-state index contributed by atoms with van der Waals surface area (Å²) in [6.45, 7) is 2.84. The van der Waals surface area contributed by atoms with Gasteiger partial charge >= 0.3 is 0 Å². The molecule has 1 saturated heterocycles. The Morgan fingerprint density at radius 1 is 1.29 bits per heavy atom. The fourth-order valence-electron chi connectivity index (χ4n) is 2.94. The summed E-state index contributed by atoms with van der Waals surface area (Å²) in [6, 6.07) is 6.02. The second-order valence-corrected chi connectivity index (χ2v) is 5.54. The molecule has 1 aromatic rings. The minimum Gasteiger partial charge on any atom is -0.486 e. The molecule has 1 amide bonds. The fourth-order valence-corrected chi connectivity index (χ4v) is 2.94. The van der Waals surface area contributed by atoms with Crippen LogP contribution in [0.25, 0.3) is 0 Å². The van der Waals surface area contributed by atoms with E-state index in [0.29, 0.717) is 13.2 Å². The van der Waals surface area contributed by atoms with Gasteiger partial charge in [0.2, 0.25) is 5.91 Å². The van der Waals surface area contributed by atoms with Crippen molar-refractivity contribution in [1.29, 1.82) is 0 Å². The van der Waals surface area contributed by atoms with Crippen LogP contribution in [0.5, 0.6) is 11.5 Å². The molecule has 1 unspecified atom stereocenters. The lowest BCUT2D eigenvalue weighted by atomic mass is 10.0. The van der Waals surface area contributed by atoms with Gasteiger partial charge in [0.1, 0.15) is 13.2 Å². The number of piperidine rings is 1. The maximum absolute atomic E-state index is 12.2. The molecular formula is C16H22N2O3. The molecule has 114 valence electrons. The van der Waals surface area contributed by atoms with Gasteiger partial charge in [-0.1, -0.05) is 6.07 Å². The molecule has 0 saturated carbocycles. The van der Waals surface area contributed by atoms with Gasteiger partial charge in [0, 0.05) is 13.1 Å². The van der Waals surface area contributed by atoms with Crippen LogP contribution < -0.4 is 14.8 Å². The summed E-state index contributed by atoms with van der Waals surface area (Å²) in [5.74, 6) is 1.85. The third-order valence-corrected chi connectivity index (χ3v) is 4.16. The van der Waals surface area contributed by atoms with Gasteiger partial charge in [-0.2, -0.15) is 0 Å². The van der Waals surface area contributed by atoms with E-state index in [-0.39, 0.29) is 11.9 Å². The number of nitrogens with one attached hydrogen (secondary N) is 1. The Morgan fingerprint density at radius 3 is 2.90 bits per heavy atom.